The van der Waals surface area contributed by atoms with Crippen molar-refractivity contribution in [1.82, 2.24) is 9.80 Å². The van der Waals surface area contributed by atoms with Crippen LogP contribution in [0.1, 0.15) is 13.8 Å². The number of halogens is 2. The summed E-state index contributed by atoms with van der Waals surface area (Å²) < 4.78 is 4.83. The van der Waals surface area contributed by atoms with Crippen LogP contribution in [0.4, 0.5) is 0 Å². The molecule has 0 unspecified atom stereocenters. The topological polar surface area (TPSA) is 15.7 Å². The summed E-state index contributed by atoms with van der Waals surface area (Å²) in [6, 6.07) is 0. The molecule has 0 aliphatic rings. The van der Waals surface area contributed by atoms with Gasteiger partial charge >= 0.3 is 33.0 Å². The molecule has 106 valence electrons. The summed E-state index contributed by atoms with van der Waals surface area (Å²) in [5.41, 5.74) is 0. The van der Waals surface area contributed by atoms with Gasteiger partial charge in [0.2, 0.25) is 0 Å². The van der Waals surface area contributed by atoms with Crippen molar-refractivity contribution in [2.75, 3.05) is 54.5 Å². The van der Waals surface area contributed by atoms with Crippen LogP contribution in [0.2, 0.25) is 0 Å². The van der Waals surface area contributed by atoms with Crippen molar-refractivity contribution in [2.45, 2.75) is 13.8 Å². The second kappa shape index (κ2) is 21.3. The quantitative estimate of drug-likeness (QED) is 0.724. The molecule has 0 bridgehead atoms. The molecule has 0 saturated carbocycles. The maximum atomic E-state index is 4.83. The summed E-state index contributed by atoms with van der Waals surface area (Å²) in [7, 11) is 17.8. The Morgan fingerprint density at radius 2 is 1.12 bits per heavy atom. The van der Waals surface area contributed by atoms with Crippen molar-refractivity contribution in [1.29, 1.82) is 0 Å². The zero-order valence-electron chi connectivity index (χ0n) is 11.2. The molecule has 0 aromatic carbocycles. The predicted molar refractivity (Wildman–Crippen MR) is 71.0 cm³/mol. The second-order valence-electron chi connectivity index (χ2n) is 3.43. The van der Waals surface area contributed by atoms with Gasteiger partial charge in [-0.2, -0.15) is 0 Å². The van der Waals surface area contributed by atoms with E-state index in [1.807, 2.05) is 13.8 Å². The third kappa shape index (κ3) is 46.0. The molecule has 0 amide bonds. The van der Waals surface area contributed by atoms with Crippen LogP contribution in [0, 0.1) is 0 Å². The summed E-state index contributed by atoms with van der Waals surface area (Å²) in [5, 5.41) is 0. The van der Waals surface area contributed by atoms with Gasteiger partial charge in [-0.3, -0.25) is 0 Å². The van der Waals surface area contributed by atoms with Gasteiger partial charge in [-0.25, -0.2) is 0 Å². The first-order chi connectivity index (χ1) is 7.45. The molecular weight excluding hydrogens is 294 g/mol. The molecule has 0 aliphatic heterocycles. The average Bonchev–Trinajstić information content (AvgIpc) is 2.18. The summed E-state index contributed by atoms with van der Waals surface area (Å²) in [6.45, 7) is 7.96. The van der Waals surface area contributed by atoms with Crippen molar-refractivity contribution in [3.63, 3.8) is 0 Å². The van der Waals surface area contributed by atoms with Crippen molar-refractivity contribution >= 4 is 20.4 Å². The van der Waals surface area contributed by atoms with Gasteiger partial charge in [-0.05, 0) is 42.0 Å². The summed E-state index contributed by atoms with van der Waals surface area (Å²) in [4.78, 5) is 4.36. The number of nitrogens with zero attached hydrogens (tertiary/aromatic N) is 2. The molecule has 0 radical (unpaired) electrons. The van der Waals surface area contributed by atoms with E-state index in [0.717, 1.165) is 26.3 Å². The molecule has 0 heterocycles. The van der Waals surface area contributed by atoms with E-state index in [1.54, 1.807) is 0 Å². The van der Waals surface area contributed by atoms with Gasteiger partial charge in [0.15, 0.2) is 0 Å². The van der Waals surface area contributed by atoms with Gasteiger partial charge < -0.3 is 14.5 Å². The second-order valence-corrected chi connectivity index (χ2v) is 5.06. The van der Waals surface area contributed by atoms with E-state index in [2.05, 4.69) is 38.0 Å². The molecule has 0 saturated heterocycles. The van der Waals surface area contributed by atoms with Crippen LogP contribution < -0.4 is 0 Å². The monoisotopic (exact) mass is 318 g/mol. The Kier molecular flexibility index (Phi) is 29.4. The average molecular weight is 320 g/mol. The fraction of sp³-hybridized carbons (Fsp3) is 1.00. The van der Waals surface area contributed by atoms with E-state index in [1.165, 1.54) is 0 Å². The zero-order valence-corrected chi connectivity index (χ0v) is 13.7. The SMILES string of the molecule is CCOCC.CN(C)CCN(C)C.[Cl][Ni][Cl]. The van der Waals surface area contributed by atoms with Crippen LogP contribution in [0.3, 0.4) is 0 Å². The van der Waals surface area contributed by atoms with Gasteiger partial charge in [-0.15, -0.1) is 0 Å². The van der Waals surface area contributed by atoms with Crippen molar-refractivity contribution < 1.29 is 17.4 Å². The Morgan fingerprint density at radius 1 is 0.875 bits per heavy atom. The van der Waals surface area contributed by atoms with Gasteiger partial charge in [0.1, 0.15) is 0 Å². The van der Waals surface area contributed by atoms with Crippen LogP contribution >= 0.6 is 20.4 Å². The molecule has 0 rings (SSSR count). The first kappa shape index (κ1) is 22.2. The number of rotatable bonds is 5. The minimum atomic E-state index is 0.569. The van der Waals surface area contributed by atoms with Gasteiger partial charge in [0.05, 0.1) is 0 Å². The molecule has 0 aliphatic carbocycles. The number of hydrogen-bond acceptors (Lipinski definition) is 3. The van der Waals surface area contributed by atoms with E-state index < -0.39 is 0 Å². The maximum absolute atomic E-state index is 4.83. The Hall–Kier alpha value is 0.954. The zero-order chi connectivity index (χ0) is 13.4. The van der Waals surface area contributed by atoms with E-state index in [4.69, 9.17) is 25.1 Å². The Morgan fingerprint density at radius 3 is 1.19 bits per heavy atom. The molecule has 0 aromatic heterocycles. The molecule has 3 nitrogen and oxygen atoms in total. The fourth-order valence-electron chi connectivity index (χ4n) is 0.604. The minimum absolute atomic E-state index is 0.569. The molecular formula is C10H26Cl2N2NiO. The summed E-state index contributed by atoms with van der Waals surface area (Å²) in [6.07, 6.45) is 0. The summed E-state index contributed by atoms with van der Waals surface area (Å²) >= 11 is 0.569. The Labute approximate surface area is 116 Å². The van der Waals surface area contributed by atoms with Crippen LogP contribution in [-0.2, 0) is 17.4 Å². The van der Waals surface area contributed by atoms with E-state index in [0.29, 0.717) is 12.7 Å². The van der Waals surface area contributed by atoms with Crippen LogP contribution in [0.5, 0.6) is 0 Å². The van der Waals surface area contributed by atoms with E-state index in [-0.39, 0.29) is 0 Å². The number of ether oxygens (including phenoxy) is 1. The van der Waals surface area contributed by atoms with Crippen molar-refractivity contribution in [2.24, 2.45) is 0 Å². The van der Waals surface area contributed by atoms with Crippen molar-refractivity contribution in [3.8, 4) is 0 Å². The predicted octanol–water partition coefficient (Wildman–Crippen LogP) is 2.53. The van der Waals surface area contributed by atoms with Crippen LogP contribution in [-0.4, -0.2) is 64.3 Å². The molecule has 0 fully saturated rings. The Bertz CT molecular complexity index is 98.8. The fourth-order valence-corrected chi connectivity index (χ4v) is 0.604. The normalized spacial score (nSPS) is 9.62. The first-order valence-electron chi connectivity index (χ1n) is 5.15. The van der Waals surface area contributed by atoms with Crippen LogP contribution in [0.15, 0.2) is 0 Å². The third-order valence-electron chi connectivity index (χ3n) is 1.40. The molecule has 16 heavy (non-hydrogen) atoms. The number of likely N-dealkylation sites (N-methyl/N-ethyl adjacent to an activating group) is 2. The standard InChI is InChI=1S/C6H16N2.C4H10O.2ClH.Ni/c1-7(2)5-6-8(3)4;1-3-5-4-2;;;/h5-6H2,1-4H3;3-4H2,1-2H3;2*1H;/q;;;;+2/p-2. The van der Waals surface area contributed by atoms with Gasteiger partial charge in [0, 0.05) is 26.3 Å². The Balaban J connectivity index is -0.000000181. The summed E-state index contributed by atoms with van der Waals surface area (Å²) in [5.74, 6) is 0. The van der Waals surface area contributed by atoms with Crippen molar-refractivity contribution in [3.05, 3.63) is 0 Å². The molecule has 6 heteroatoms. The molecule has 0 atom stereocenters. The molecule has 0 aromatic rings. The molecule has 0 N–H and O–H groups in total. The van der Waals surface area contributed by atoms with Gasteiger partial charge in [-0.1, -0.05) is 0 Å². The van der Waals surface area contributed by atoms with Crippen LogP contribution in [0.25, 0.3) is 0 Å². The molecule has 0 spiro atoms. The van der Waals surface area contributed by atoms with Gasteiger partial charge in [0.25, 0.3) is 0 Å². The van der Waals surface area contributed by atoms with E-state index >= 15 is 0 Å². The first-order valence-corrected chi connectivity index (χ1v) is 7.87. The third-order valence-corrected chi connectivity index (χ3v) is 1.40. The number of hydrogen-bond donors (Lipinski definition) is 0. The van der Waals surface area contributed by atoms with E-state index in [9.17, 15) is 0 Å².